The molecular weight excluding hydrogens is 390 g/mol. The molecule has 5 nitrogen and oxygen atoms in total. The van der Waals surface area contributed by atoms with Crippen molar-refractivity contribution in [3.8, 4) is 11.5 Å². The van der Waals surface area contributed by atoms with Crippen LogP contribution in [0.15, 0.2) is 40.8 Å². The minimum Gasteiger partial charge on any atom is -0.504 e. The summed E-state index contributed by atoms with van der Waals surface area (Å²) in [6, 6.07) is 12.0. The molecule has 5 heteroatoms. The number of ether oxygens (including phenoxy) is 1. The number of fused-ring (bicyclic) bond motifs is 4. The molecule has 0 unspecified atom stereocenters. The first-order valence-corrected chi connectivity index (χ1v) is 11.6. The summed E-state index contributed by atoms with van der Waals surface area (Å²) in [6.45, 7) is 2.03. The lowest BCUT2D eigenvalue weighted by atomic mass is 9.49. The van der Waals surface area contributed by atoms with Gasteiger partial charge in [0.25, 0.3) is 0 Å². The fraction of sp³-hybridized carbons (Fsp3) is 0.462. The maximum Gasteiger partial charge on any atom is 0.169 e. The van der Waals surface area contributed by atoms with Crippen molar-refractivity contribution in [2.75, 3.05) is 13.1 Å². The van der Waals surface area contributed by atoms with Crippen LogP contribution >= 0.6 is 0 Å². The molecule has 2 aromatic carbocycles. The molecule has 3 heterocycles. The number of furan rings is 1. The van der Waals surface area contributed by atoms with Gasteiger partial charge in [-0.1, -0.05) is 24.3 Å². The minimum absolute atomic E-state index is 0.0535. The summed E-state index contributed by atoms with van der Waals surface area (Å²) in [4.78, 5) is 2.56. The molecule has 1 saturated carbocycles. The number of piperidine rings is 1. The Morgan fingerprint density at radius 3 is 2.87 bits per heavy atom. The molecule has 3 aromatic rings. The summed E-state index contributed by atoms with van der Waals surface area (Å²) in [5, 5.41) is 24.5. The van der Waals surface area contributed by atoms with Crippen LogP contribution in [0.3, 0.4) is 0 Å². The number of phenols is 1. The normalized spacial score (nSPS) is 35.0. The highest BCUT2D eigenvalue weighted by Crippen LogP contribution is 2.69. The Hall–Kier alpha value is -2.50. The Bertz CT molecular complexity index is 1280. The van der Waals surface area contributed by atoms with Crippen molar-refractivity contribution in [3.63, 3.8) is 0 Å². The number of likely N-dealkylation sites (tertiary alicyclic amines) is 1. The second kappa shape index (κ2) is 5.28. The van der Waals surface area contributed by atoms with Crippen LogP contribution in [0.25, 0.3) is 11.0 Å². The second-order valence-electron chi connectivity index (χ2n) is 10.4. The largest absolute Gasteiger partial charge is 0.504 e. The van der Waals surface area contributed by atoms with Crippen LogP contribution in [-0.2, 0) is 18.3 Å². The van der Waals surface area contributed by atoms with Gasteiger partial charge in [-0.25, -0.2) is 0 Å². The van der Waals surface area contributed by atoms with Gasteiger partial charge in [-0.2, -0.15) is 0 Å². The lowest BCUT2D eigenvalue weighted by molar-refractivity contribution is -0.175. The monoisotopic (exact) mass is 415 g/mol. The number of hydrogen-bond donors (Lipinski definition) is 2. The van der Waals surface area contributed by atoms with Crippen molar-refractivity contribution in [2.45, 2.75) is 55.3 Å². The first-order chi connectivity index (χ1) is 15.1. The van der Waals surface area contributed by atoms with E-state index in [1.54, 1.807) is 6.07 Å². The number of rotatable bonds is 2. The van der Waals surface area contributed by atoms with E-state index in [2.05, 4.69) is 11.0 Å². The molecule has 5 aliphatic rings. The molecule has 158 valence electrons. The van der Waals surface area contributed by atoms with Gasteiger partial charge in [0.15, 0.2) is 17.6 Å². The van der Waals surface area contributed by atoms with E-state index in [-0.39, 0.29) is 11.8 Å². The number of para-hydroxylation sites is 1. The Morgan fingerprint density at radius 2 is 2.00 bits per heavy atom. The number of aromatic hydroxyl groups is 1. The number of benzene rings is 2. The maximum atomic E-state index is 12.7. The number of hydrogen-bond acceptors (Lipinski definition) is 5. The third-order valence-corrected chi connectivity index (χ3v) is 8.93. The number of phenolic OH excluding ortho intramolecular Hbond substituents is 1. The molecule has 1 spiro atoms. The molecule has 1 aromatic heterocycles. The third kappa shape index (κ3) is 1.84. The topological polar surface area (TPSA) is 66.1 Å². The summed E-state index contributed by atoms with van der Waals surface area (Å²) < 4.78 is 12.9. The standard InChI is InChI=1S/C26H25NO4/c28-18-8-7-15-11-20-26(29)12-17-16-3-1-2-4-19(16)30-22(17)24-25(26,21(15)23(18)31-24)9-10-27(20)13-14-5-6-14/h1-4,7-8,14,20,24,28-29H,5-6,9-13H2/t20-,24-,25-,26+/m0/s1. The van der Waals surface area contributed by atoms with Crippen LogP contribution in [0.5, 0.6) is 11.5 Å². The first-order valence-electron chi connectivity index (χ1n) is 11.6. The van der Waals surface area contributed by atoms with E-state index in [4.69, 9.17) is 9.15 Å². The van der Waals surface area contributed by atoms with E-state index in [1.165, 1.54) is 18.4 Å². The smallest absolute Gasteiger partial charge is 0.169 e. The molecule has 0 amide bonds. The number of aliphatic hydroxyl groups is 1. The lowest BCUT2D eigenvalue weighted by Gasteiger charge is -2.62. The van der Waals surface area contributed by atoms with Crippen LogP contribution in [0, 0.1) is 5.92 Å². The summed E-state index contributed by atoms with van der Waals surface area (Å²) in [6.07, 6.45) is 4.40. The quantitative estimate of drug-likeness (QED) is 0.666. The van der Waals surface area contributed by atoms with Gasteiger partial charge < -0.3 is 19.4 Å². The zero-order valence-corrected chi connectivity index (χ0v) is 17.3. The Morgan fingerprint density at radius 1 is 1.13 bits per heavy atom. The van der Waals surface area contributed by atoms with Gasteiger partial charge in [-0.05, 0) is 55.8 Å². The lowest BCUT2D eigenvalue weighted by Crippen LogP contribution is -2.74. The first kappa shape index (κ1) is 17.1. The number of nitrogens with zero attached hydrogens (tertiary/aromatic N) is 1. The predicted molar refractivity (Wildman–Crippen MR) is 114 cm³/mol. The molecule has 8 rings (SSSR count). The zero-order valence-electron chi connectivity index (χ0n) is 17.3. The fourth-order valence-corrected chi connectivity index (χ4v) is 7.42. The van der Waals surface area contributed by atoms with E-state index < -0.39 is 17.1 Å². The zero-order chi connectivity index (χ0) is 20.5. The maximum absolute atomic E-state index is 12.7. The summed E-state index contributed by atoms with van der Waals surface area (Å²) in [5.74, 6) is 2.34. The van der Waals surface area contributed by atoms with Gasteiger partial charge in [0.2, 0.25) is 0 Å². The Kier molecular flexibility index (Phi) is 2.91. The van der Waals surface area contributed by atoms with E-state index in [1.807, 2.05) is 24.3 Å². The second-order valence-corrected chi connectivity index (χ2v) is 10.4. The predicted octanol–water partition coefficient (Wildman–Crippen LogP) is 3.84. The van der Waals surface area contributed by atoms with Crippen LogP contribution in [-0.4, -0.2) is 39.8 Å². The van der Waals surface area contributed by atoms with Gasteiger partial charge >= 0.3 is 0 Å². The van der Waals surface area contributed by atoms with Crippen molar-refractivity contribution in [3.05, 3.63) is 58.8 Å². The Labute approximate surface area is 180 Å². The van der Waals surface area contributed by atoms with E-state index in [0.29, 0.717) is 12.2 Å². The van der Waals surface area contributed by atoms with E-state index in [0.717, 1.165) is 59.7 Å². The average Bonchev–Trinajstić information content (AvgIpc) is 3.40. The molecule has 2 N–H and O–H groups in total. The molecule has 0 radical (unpaired) electrons. The SMILES string of the molecule is Oc1ccc2c3c1O[C@H]1c4oc5ccccc5c4C[C@@]4(O)[C@H](C2)N(CC2CC2)CC[C@]314. The van der Waals surface area contributed by atoms with Gasteiger partial charge in [-0.3, -0.25) is 4.90 Å². The highest BCUT2D eigenvalue weighted by molar-refractivity contribution is 5.84. The molecule has 31 heavy (non-hydrogen) atoms. The van der Waals surface area contributed by atoms with Crippen LogP contribution in [0.2, 0.25) is 0 Å². The summed E-state index contributed by atoms with van der Waals surface area (Å²) >= 11 is 0. The minimum atomic E-state index is -0.948. The molecule has 4 atom stereocenters. The van der Waals surface area contributed by atoms with Crippen molar-refractivity contribution in [2.24, 2.45) is 5.92 Å². The fourth-order valence-electron chi connectivity index (χ4n) is 7.42. The van der Waals surface area contributed by atoms with Crippen LogP contribution < -0.4 is 4.74 Å². The van der Waals surface area contributed by atoms with E-state index >= 15 is 0 Å². The third-order valence-electron chi connectivity index (χ3n) is 8.93. The highest BCUT2D eigenvalue weighted by atomic mass is 16.5. The summed E-state index contributed by atoms with van der Waals surface area (Å²) in [7, 11) is 0. The summed E-state index contributed by atoms with van der Waals surface area (Å²) in [5.41, 5.74) is 2.65. The van der Waals surface area contributed by atoms with E-state index in [9.17, 15) is 10.2 Å². The molecule has 2 aliphatic heterocycles. The molecule has 3 aliphatic carbocycles. The van der Waals surface area contributed by atoms with Gasteiger partial charge in [0.05, 0.1) is 11.0 Å². The molecule has 1 saturated heterocycles. The molecule has 2 fully saturated rings. The molecular formula is C26H25NO4. The average molecular weight is 415 g/mol. The van der Waals surface area contributed by atoms with Crippen molar-refractivity contribution >= 4 is 11.0 Å². The van der Waals surface area contributed by atoms with Gasteiger partial charge in [0.1, 0.15) is 11.3 Å². The molecule has 2 bridgehead atoms. The van der Waals surface area contributed by atoms with Crippen LogP contribution in [0.4, 0.5) is 0 Å². The van der Waals surface area contributed by atoms with Crippen LogP contribution in [0.1, 0.15) is 47.8 Å². The van der Waals surface area contributed by atoms with Crippen molar-refractivity contribution in [1.82, 2.24) is 4.90 Å². The van der Waals surface area contributed by atoms with Gasteiger partial charge in [-0.15, -0.1) is 0 Å². The Balaban J connectivity index is 1.43. The van der Waals surface area contributed by atoms with Crippen molar-refractivity contribution < 1.29 is 19.4 Å². The van der Waals surface area contributed by atoms with Crippen molar-refractivity contribution in [1.29, 1.82) is 0 Å². The highest BCUT2D eigenvalue weighted by Gasteiger charge is 2.73. The van der Waals surface area contributed by atoms with Gasteiger partial charge in [0, 0.05) is 35.5 Å².